The van der Waals surface area contributed by atoms with Crippen molar-refractivity contribution < 1.29 is 21.6 Å². The first-order valence-electron chi connectivity index (χ1n) is 7.64. The maximum absolute atomic E-state index is 12.6. The van der Waals surface area contributed by atoms with Gasteiger partial charge < -0.3 is 5.53 Å². The molecule has 0 aromatic heterocycles. The molecule has 2 fully saturated rings. The van der Waals surface area contributed by atoms with Crippen LogP contribution in [0.15, 0.2) is 0 Å². The van der Waals surface area contributed by atoms with E-state index < -0.39 is 34.6 Å². The summed E-state index contributed by atoms with van der Waals surface area (Å²) < 4.78 is 49.3. The van der Waals surface area contributed by atoms with Crippen LogP contribution < -0.4 is 0 Å². The molecular formula is C13H21ClN2O4S2. The van der Waals surface area contributed by atoms with Crippen molar-refractivity contribution in [3.63, 3.8) is 0 Å². The lowest BCUT2D eigenvalue weighted by molar-refractivity contribution is 0.00360. The summed E-state index contributed by atoms with van der Waals surface area (Å²) in [7, 11) is -8.27. The van der Waals surface area contributed by atoms with E-state index in [1.807, 2.05) is 0 Å². The highest BCUT2D eigenvalue weighted by Gasteiger charge is 2.50. The number of halogens is 1. The Morgan fingerprint density at radius 3 is 1.73 bits per heavy atom. The van der Waals surface area contributed by atoms with Gasteiger partial charge in [-0.25, -0.2) is 16.8 Å². The molecule has 0 aromatic rings. The van der Waals surface area contributed by atoms with Crippen molar-refractivity contribution >= 4 is 35.7 Å². The van der Waals surface area contributed by atoms with Crippen LogP contribution in [0.2, 0.25) is 0 Å². The summed E-state index contributed by atoms with van der Waals surface area (Å²) in [6, 6.07) is 0. The van der Waals surface area contributed by atoms with E-state index in [0.717, 1.165) is 19.3 Å². The SMILES string of the molecule is [N-]=[N+]=C(S(=O)(=O)C1CCCCC1)S(=O)(=O)C1CCC(Cl)CC1. The summed E-state index contributed by atoms with van der Waals surface area (Å²) in [5.41, 5.74) is 9.11. The summed E-state index contributed by atoms with van der Waals surface area (Å²) in [6.07, 6.45) is 4.94. The Hall–Kier alpha value is -0.430. The van der Waals surface area contributed by atoms with E-state index in [1.54, 1.807) is 0 Å². The van der Waals surface area contributed by atoms with E-state index in [4.69, 9.17) is 17.1 Å². The second-order valence-electron chi connectivity index (χ2n) is 6.09. The highest BCUT2D eigenvalue weighted by atomic mass is 35.5. The van der Waals surface area contributed by atoms with E-state index in [9.17, 15) is 16.8 Å². The summed E-state index contributed by atoms with van der Waals surface area (Å²) in [4.78, 5) is 2.71. The first-order valence-corrected chi connectivity index (χ1v) is 11.2. The highest BCUT2D eigenvalue weighted by Crippen LogP contribution is 2.31. The maximum atomic E-state index is 12.6. The molecule has 0 spiro atoms. The smallest absolute Gasteiger partial charge is 0.359 e. The number of rotatable bonds is 2. The first kappa shape index (κ1) is 17.9. The molecule has 0 amide bonds. The van der Waals surface area contributed by atoms with Gasteiger partial charge in [0.2, 0.25) is 0 Å². The van der Waals surface area contributed by atoms with Crippen LogP contribution in [0.1, 0.15) is 57.8 Å². The van der Waals surface area contributed by atoms with Crippen LogP contribution in [0.5, 0.6) is 0 Å². The monoisotopic (exact) mass is 368 g/mol. The fourth-order valence-corrected chi connectivity index (χ4v) is 8.28. The van der Waals surface area contributed by atoms with Gasteiger partial charge >= 0.3 is 4.38 Å². The Labute approximate surface area is 136 Å². The lowest BCUT2D eigenvalue weighted by atomic mass is 10.00. The quantitative estimate of drug-likeness (QED) is 0.245. The van der Waals surface area contributed by atoms with Crippen molar-refractivity contribution in [1.29, 1.82) is 0 Å². The Bertz CT molecular complexity index is 654. The van der Waals surface area contributed by atoms with Crippen LogP contribution in [0.3, 0.4) is 0 Å². The Balaban J connectivity index is 2.29. The molecule has 0 heterocycles. The van der Waals surface area contributed by atoms with Gasteiger partial charge in [-0.1, -0.05) is 19.3 Å². The molecule has 0 aromatic carbocycles. The van der Waals surface area contributed by atoms with Crippen molar-refractivity contribution in [3.8, 4) is 0 Å². The minimum atomic E-state index is -4.15. The van der Waals surface area contributed by atoms with E-state index >= 15 is 0 Å². The van der Waals surface area contributed by atoms with Crippen molar-refractivity contribution in [2.45, 2.75) is 73.7 Å². The van der Waals surface area contributed by atoms with E-state index in [2.05, 4.69) is 4.79 Å². The molecule has 0 saturated heterocycles. The zero-order valence-corrected chi connectivity index (χ0v) is 14.7. The molecular weight excluding hydrogens is 348 g/mol. The second-order valence-corrected chi connectivity index (χ2v) is 11.3. The summed E-state index contributed by atoms with van der Waals surface area (Å²) in [6.45, 7) is 0. The molecule has 2 rings (SSSR count). The molecule has 2 aliphatic carbocycles. The predicted molar refractivity (Wildman–Crippen MR) is 85.2 cm³/mol. The first-order chi connectivity index (χ1) is 10.3. The zero-order valence-electron chi connectivity index (χ0n) is 12.3. The molecule has 0 atom stereocenters. The standard InChI is InChI=1S/C13H21ClN2O4S2/c14-10-6-8-12(9-7-10)22(19,20)13(16-15)21(17,18)11-4-2-1-3-5-11/h10-12H,1-9H2. The lowest BCUT2D eigenvalue weighted by Gasteiger charge is -2.24. The minimum absolute atomic E-state index is 0.0732. The molecule has 22 heavy (non-hydrogen) atoms. The number of hydrogen-bond acceptors (Lipinski definition) is 4. The second kappa shape index (κ2) is 6.99. The third kappa shape index (κ3) is 3.55. The van der Waals surface area contributed by atoms with Gasteiger partial charge in [0.15, 0.2) is 0 Å². The molecule has 126 valence electrons. The van der Waals surface area contributed by atoms with Gasteiger partial charge in [0.25, 0.3) is 19.7 Å². The van der Waals surface area contributed by atoms with Gasteiger partial charge in [0, 0.05) is 5.38 Å². The third-order valence-corrected chi connectivity index (χ3v) is 10.3. The number of sulfone groups is 2. The normalized spacial score (nSPS) is 28.0. The molecule has 0 N–H and O–H groups in total. The summed E-state index contributed by atoms with van der Waals surface area (Å²) >= 11 is 5.96. The van der Waals surface area contributed by atoms with Crippen molar-refractivity contribution in [2.24, 2.45) is 0 Å². The van der Waals surface area contributed by atoms with Crippen molar-refractivity contribution in [2.75, 3.05) is 0 Å². The summed E-state index contributed by atoms with van der Waals surface area (Å²) in [5.74, 6) is 0. The fraction of sp³-hybridized carbons (Fsp3) is 0.923. The van der Waals surface area contributed by atoms with Crippen molar-refractivity contribution in [1.82, 2.24) is 0 Å². The maximum Gasteiger partial charge on any atom is 0.495 e. The van der Waals surface area contributed by atoms with Gasteiger partial charge in [0.05, 0.1) is 10.5 Å². The largest absolute Gasteiger partial charge is 0.495 e. The molecule has 0 unspecified atom stereocenters. The van der Waals surface area contributed by atoms with Crippen LogP contribution in [0.4, 0.5) is 0 Å². The number of alkyl halides is 1. The van der Waals surface area contributed by atoms with Crippen LogP contribution >= 0.6 is 11.6 Å². The molecule has 2 aliphatic rings. The van der Waals surface area contributed by atoms with Crippen LogP contribution in [-0.2, 0) is 19.7 Å². The molecule has 6 nitrogen and oxygen atoms in total. The average molecular weight is 369 g/mol. The van der Waals surface area contributed by atoms with Gasteiger partial charge in [-0.2, -0.15) is 0 Å². The highest BCUT2D eigenvalue weighted by molar-refractivity contribution is 8.31. The topological polar surface area (TPSA) is 105 Å². The van der Waals surface area contributed by atoms with Crippen molar-refractivity contribution in [3.05, 3.63) is 5.53 Å². The van der Waals surface area contributed by atoms with Gasteiger partial charge in [0.1, 0.15) is 0 Å². The lowest BCUT2D eigenvalue weighted by Crippen LogP contribution is -2.41. The Morgan fingerprint density at radius 1 is 0.818 bits per heavy atom. The molecule has 0 bridgehead atoms. The number of hydrogen-bond donors (Lipinski definition) is 0. The van der Waals surface area contributed by atoms with Gasteiger partial charge in [-0.05, 0) is 38.5 Å². The molecule has 0 aliphatic heterocycles. The van der Waals surface area contributed by atoms with Gasteiger partial charge in [-0.15, -0.1) is 16.4 Å². The predicted octanol–water partition coefficient (Wildman–Crippen LogP) is 2.28. The Morgan fingerprint density at radius 2 is 1.27 bits per heavy atom. The van der Waals surface area contributed by atoms with E-state index in [-0.39, 0.29) is 5.38 Å². The molecule has 2 saturated carbocycles. The van der Waals surface area contributed by atoms with Crippen LogP contribution in [-0.4, -0.2) is 41.9 Å². The van der Waals surface area contributed by atoms with Crippen LogP contribution in [0.25, 0.3) is 5.53 Å². The Kier molecular flexibility index (Phi) is 5.69. The molecule has 9 heteroatoms. The number of nitrogens with zero attached hydrogens (tertiary/aromatic N) is 2. The van der Waals surface area contributed by atoms with Gasteiger partial charge in [-0.3, -0.25) is 0 Å². The fourth-order valence-electron chi connectivity index (χ4n) is 3.27. The third-order valence-electron chi connectivity index (χ3n) is 4.60. The van der Waals surface area contributed by atoms with E-state index in [0.29, 0.717) is 38.5 Å². The van der Waals surface area contributed by atoms with E-state index in [1.165, 1.54) is 0 Å². The van der Waals surface area contributed by atoms with Crippen LogP contribution in [0, 0.1) is 0 Å². The summed E-state index contributed by atoms with van der Waals surface area (Å²) in [5, 5.41) is -1.66. The average Bonchev–Trinajstić information content (AvgIpc) is 2.48. The molecule has 0 radical (unpaired) electrons. The minimum Gasteiger partial charge on any atom is -0.359 e. The zero-order chi connectivity index (χ0) is 16.4.